The summed E-state index contributed by atoms with van der Waals surface area (Å²) in [6.07, 6.45) is 7.96. The van der Waals surface area contributed by atoms with E-state index in [4.69, 9.17) is 0 Å². The second kappa shape index (κ2) is 7.13. The number of carbonyl (C=O) groups excluding carboxylic acids is 1. The Kier molecular flexibility index (Phi) is 5.70. The Morgan fingerprint density at radius 3 is 2.48 bits per heavy atom. The Balaban J connectivity index is 1.89. The molecule has 21 heavy (non-hydrogen) atoms. The zero-order valence-corrected chi connectivity index (χ0v) is 14.5. The fourth-order valence-electron chi connectivity index (χ4n) is 3.37. The minimum atomic E-state index is -0.280. The molecule has 0 spiro atoms. The van der Waals surface area contributed by atoms with Gasteiger partial charge in [0.15, 0.2) is 0 Å². The first-order chi connectivity index (χ1) is 9.88. The maximum absolute atomic E-state index is 12.3. The number of amides is 1. The van der Waals surface area contributed by atoms with Gasteiger partial charge in [0, 0.05) is 24.5 Å². The smallest absolute Gasteiger partial charge is 0.225 e. The Labute approximate surface area is 130 Å². The van der Waals surface area contributed by atoms with Gasteiger partial charge in [-0.3, -0.25) is 4.79 Å². The molecule has 1 saturated carbocycles. The third-order valence-electron chi connectivity index (χ3n) is 4.82. The van der Waals surface area contributed by atoms with E-state index in [-0.39, 0.29) is 11.3 Å². The minimum absolute atomic E-state index is 0.204. The fourth-order valence-corrected chi connectivity index (χ4v) is 3.37. The summed E-state index contributed by atoms with van der Waals surface area (Å²) in [4.78, 5) is 14.9. The molecule has 1 amide bonds. The van der Waals surface area contributed by atoms with Gasteiger partial charge in [-0.15, -0.1) is 0 Å². The van der Waals surface area contributed by atoms with Crippen molar-refractivity contribution < 1.29 is 4.79 Å². The molecule has 3 heteroatoms. The number of rotatable bonds is 6. The summed E-state index contributed by atoms with van der Waals surface area (Å²) >= 11 is 0. The lowest BCUT2D eigenvalue weighted by atomic mass is 9.88. The summed E-state index contributed by atoms with van der Waals surface area (Å²) in [6, 6.07) is 0.353. The van der Waals surface area contributed by atoms with Gasteiger partial charge in [-0.25, -0.2) is 0 Å². The number of hydrogen-bond donors (Lipinski definition) is 1. The second-order valence-corrected chi connectivity index (χ2v) is 8.31. The molecule has 2 atom stereocenters. The molecular formula is C18H34N2O. The summed E-state index contributed by atoms with van der Waals surface area (Å²) in [7, 11) is 0. The van der Waals surface area contributed by atoms with E-state index in [0.29, 0.717) is 6.04 Å². The van der Waals surface area contributed by atoms with E-state index in [1.807, 2.05) is 20.8 Å². The van der Waals surface area contributed by atoms with Crippen molar-refractivity contribution in [2.45, 2.75) is 72.3 Å². The van der Waals surface area contributed by atoms with E-state index in [1.54, 1.807) is 0 Å². The Morgan fingerprint density at radius 1 is 1.19 bits per heavy atom. The predicted molar refractivity (Wildman–Crippen MR) is 88.2 cm³/mol. The van der Waals surface area contributed by atoms with Crippen LogP contribution in [0, 0.1) is 17.3 Å². The lowest BCUT2D eigenvalue weighted by molar-refractivity contribution is -0.129. The standard InChI is InChI=1S/C18H34N2O/c1-5-6-9-20-12-15(10-14-7-8-14)11-16(13-20)19-17(21)18(2,3)4/h14-16H,5-13H2,1-4H3,(H,19,21). The third-order valence-corrected chi connectivity index (χ3v) is 4.82. The van der Waals surface area contributed by atoms with Gasteiger partial charge in [-0.05, 0) is 37.6 Å². The van der Waals surface area contributed by atoms with Gasteiger partial charge in [0.25, 0.3) is 0 Å². The van der Waals surface area contributed by atoms with Crippen LogP contribution in [0.3, 0.4) is 0 Å². The summed E-state index contributed by atoms with van der Waals surface area (Å²) < 4.78 is 0. The van der Waals surface area contributed by atoms with E-state index in [2.05, 4.69) is 17.1 Å². The van der Waals surface area contributed by atoms with Crippen molar-refractivity contribution in [2.75, 3.05) is 19.6 Å². The molecule has 0 aromatic rings. The quantitative estimate of drug-likeness (QED) is 0.814. The highest BCUT2D eigenvalue weighted by atomic mass is 16.2. The molecule has 122 valence electrons. The van der Waals surface area contributed by atoms with E-state index in [1.165, 1.54) is 51.6 Å². The first-order valence-electron chi connectivity index (χ1n) is 8.91. The highest BCUT2D eigenvalue weighted by Crippen LogP contribution is 2.37. The highest BCUT2D eigenvalue weighted by Gasteiger charge is 2.33. The summed E-state index contributed by atoms with van der Waals surface area (Å²) in [5.74, 6) is 1.98. The zero-order valence-electron chi connectivity index (χ0n) is 14.5. The van der Waals surface area contributed by atoms with Crippen molar-refractivity contribution in [3.05, 3.63) is 0 Å². The largest absolute Gasteiger partial charge is 0.352 e. The first-order valence-corrected chi connectivity index (χ1v) is 8.91. The van der Waals surface area contributed by atoms with Crippen molar-refractivity contribution in [3.8, 4) is 0 Å². The van der Waals surface area contributed by atoms with Crippen molar-refractivity contribution in [2.24, 2.45) is 17.3 Å². The highest BCUT2D eigenvalue weighted by molar-refractivity contribution is 5.81. The van der Waals surface area contributed by atoms with Crippen LogP contribution in [-0.4, -0.2) is 36.5 Å². The molecule has 1 aliphatic carbocycles. The van der Waals surface area contributed by atoms with Crippen LogP contribution in [0.25, 0.3) is 0 Å². The number of likely N-dealkylation sites (tertiary alicyclic amines) is 1. The maximum atomic E-state index is 12.3. The number of carbonyl (C=O) groups is 1. The van der Waals surface area contributed by atoms with Gasteiger partial charge in [-0.1, -0.05) is 47.0 Å². The van der Waals surface area contributed by atoms with E-state index < -0.39 is 0 Å². The molecule has 0 aromatic carbocycles. The molecule has 0 aromatic heterocycles. The average Bonchev–Trinajstić information content (AvgIpc) is 3.19. The normalized spacial score (nSPS) is 27.6. The third kappa shape index (κ3) is 5.61. The molecule has 0 radical (unpaired) electrons. The molecule has 2 fully saturated rings. The monoisotopic (exact) mass is 294 g/mol. The number of unbranched alkanes of at least 4 members (excludes halogenated alkanes) is 1. The Hall–Kier alpha value is -0.570. The van der Waals surface area contributed by atoms with Crippen LogP contribution in [0.1, 0.15) is 66.2 Å². The van der Waals surface area contributed by atoms with Crippen LogP contribution in [0.4, 0.5) is 0 Å². The molecule has 3 nitrogen and oxygen atoms in total. The number of nitrogens with one attached hydrogen (secondary N) is 1. The molecule has 1 aliphatic heterocycles. The lowest BCUT2D eigenvalue weighted by Gasteiger charge is -2.39. The first kappa shape index (κ1) is 16.8. The van der Waals surface area contributed by atoms with Gasteiger partial charge in [0.1, 0.15) is 0 Å². The maximum Gasteiger partial charge on any atom is 0.225 e. The predicted octanol–water partition coefficient (Wildman–Crippen LogP) is 3.44. The van der Waals surface area contributed by atoms with Gasteiger partial charge >= 0.3 is 0 Å². The van der Waals surface area contributed by atoms with Crippen LogP contribution in [0.15, 0.2) is 0 Å². The Morgan fingerprint density at radius 2 is 1.90 bits per heavy atom. The zero-order chi connectivity index (χ0) is 15.5. The molecule has 2 unspecified atom stereocenters. The molecule has 0 bridgehead atoms. The SMILES string of the molecule is CCCCN1CC(CC2CC2)CC(NC(=O)C(C)(C)C)C1. The summed E-state index contributed by atoms with van der Waals surface area (Å²) in [5, 5.41) is 3.31. The topological polar surface area (TPSA) is 32.3 Å². The van der Waals surface area contributed by atoms with Crippen LogP contribution < -0.4 is 5.32 Å². The molecule has 1 heterocycles. The number of hydrogen-bond acceptors (Lipinski definition) is 2. The van der Waals surface area contributed by atoms with Crippen molar-refractivity contribution in [1.82, 2.24) is 10.2 Å². The number of nitrogens with zero attached hydrogens (tertiary/aromatic N) is 1. The van der Waals surface area contributed by atoms with Crippen LogP contribution in [0.5, 0.6) is 0 Å². The van der Waals surface area contributed by atoms with Crippen molar-refractivity contribution >= 4 is 5.91 Å². The van der Waals surface area contributed by atoms with E-state index in [0.717, 1.165) is 18.4 Å². The van der Waals surface area contributed by atoms with E-state index >= 15 is 0 Å². The van der Waals surface area contributed by atoms with Crippen molar-refractivity contribution in [1.29, 1.82) is 0 Å². The average molecular weight is 294 g/mol. The second-order valence-electron chi connectivity index (χ2n) is 8.31. The van der Waals surface area contributed by atoms with E-state index in [9.17, 15) is 4.79 Å². The van der Waals surface area contributed by atoms with Gasteiger partial charge in [0.2, 0.25) is 5.91 Å². The van der Waals surface area contributed by atoms with Crippen molar-refractivity contribution in [3.63, 3.8) is 0 Å². The lowest BCUT2D eigenvalue weighted by Crippen LogP contribution is -2.53. The van der Waals surface area contributed by atoms with Gasteiger partial charge in [0.05, 0.1) is 0 Å². The summed E-state index contributed by atoms with van der Waals surface area (Å²) in [5.41, 5.74) is -0.280. The van der Waals surface area contributed by atoms with Gasteiger partial charge in [-0.2, -0.15) is 0 Å². The molecule has 1 N–H and O–H groups in total. The molecular weight excluding hydrogens is 260 g/mol. The molecule has 1 saturated heterocycles. The van der Waals surface area contributed by atoms with Crippen LogP contribution in [-0.2, 0) is 4.79 Å². The minimum Gasteiger partial charge on any atom is -0.352 e. The fraction of sp³-hybridized carbons (Fsp3) is 0.944. The van der Waals surface area contributed by atoms with Gasteiger partial charge < -0.3 is 10.2 Å². The molecule has 2 aliphatic rings. The summed E-state index contributed by atoms with van der Waals surface area (Å²) in [6.45, 7) is 11.7. The number of piperidine rings is 1. The van der Waals surface area contributed by atoms with Crippen LogP contribution >= 0.6 is 0 Å². The molecule has 2 rings (SSSR count). The van der Waals surface area contributed by atoms with Crippen LogP contribution in [0.2, 0.25) is 0 Å². The Bertz CT molecular complexity index is 344.